The molecule has 0 spiro atoms. The molecule has 2 rings (SSSR count). The average molecular weight is 278 g/mol. The number of hydrogen-bond acceptors (Lipinski definition) is 3. The largest absolute Gasteiger partial charge is 0.354 e. The van der Waals surface area contributed by atoms with E-state index in [1.54, 1.807) is 0 Å². The number of nitrogens with zero attached hydrogens (tertiary/aromatic N) is 2. The van der Waals surface area contributed by atoms with Crippen LogP contribution in [0.2, 0.25) is 5.02 Å². The Balaban J connectivity index is 2.18. The van der Waals surface area contributed by atoms with E-state index in [1.165, 1.54) is 11.9 Å². The first-order valence-electron chi connectivity index (χ1n) is 6.14. The van der Waals surface area contributed by atoms with E-state index in [9.17, 15) is 4.79 Å². The number of benzene rings is 1. The van der Waals surface area contributed by atoms with Gasteiger partial charge in [-0.1, -0.05) is 42.8 Å². The molecule has 2 aromatic rings. The highest BCUT2D eigenvalue weighted by Gasteiger charge is 2.10. The number of aryl methyl sites for hydroxylation is 1. The molecule has 100 valence electrons. The van der Waals surface area contributed by atoms with Crippen LogP contribution in [0.4, 0.5) is 5.82 Å². The van der Waals surface area contributed by atoms with Gasteiger partial charge in [-0.15, -0.1) is 0 Å². The van der Waals surface area contributed by atoms with Crippen LogP contribution in [0.25, 0.3) is 0 Å². The minimum atomic E-state index is -0.320. The van der Waals surface area contributed by atoms with Gasteiger partial charge in [0.1, 0.15) is 5.02 Å². The molecule has 0 aliphatic carbocycles. The van der Waals surface area contributed by atoms with Crippen LogP contribution in [0, 0.1) is 0 Å². The molecule has 0 saturated carbocycles. The third-order valence-corrected chi connectivity index (χ3v) is 3.33. The minimum absolute atomic E-state index is 0.121. The van der Waals surface area contributed by atoms with E-state index >= 15 is 0 Å². The van der Waals surface area contributed by atoms with Crippen molar-refractivity contribution in [3.8, 4) is 0 Å². The maximum absolute atomic E-state index is 11.4. The van der Waals surface area contributed by atoms with Crippen molar-refractivity contribution in [3.05, 3.63) is 57.1 Å². The van der Waals surface area contributed by atoms with Gasteiger partial charge in [0, 0.05) is 13.6 Å². The summed E-state index contributed by atoms with van der Waals surface area (Å²) < 4.78 is 0. The van der Waals surface area contributed by atoms with Crippen LogP contribution in [0.3, 0.4) is 0 Å². The zero-order valence-corrected chi connectivity index (χ0v) is 11.7. The molecule has 4 nitrogen and oxygen atoms in total. The quantitative estimate of drug-likeness (QED) is 0.935. The number of halogens is 1. The summed E-state index contributed by atoms with van der Waals surface area (Å²) in [4.78, 5) is 19.8. The number of aromatic nitrogens is 2. The smallest absolute Gasteiger partial charge is 0.271 e. The van der Waals surface area contributed by atoms with Crippen molar-refractivity contribution in [1.82, 2.24) is 9.97 Å². The van der Waals surface area contributed by atoms with Crippen molar-refractivity contribution in [2.24, 2.45) is 0 Å². The number of aromatic amines is 1. The fraction of sp³-hybridized carbons (Fsp3) is 0.286. The first kappa shape index (κ1) is 13.6. The molecular formula is C14H16ClN3O. The van der Waals surface area contributed by atoms with Crippen molar-refractivity contribution < 1.29 is 0 Å². The van der Waals surface area contributed by atoms with Gasteiger partial charge in [-0.25, -0.2) is 4.98 Å². The van der Waals surface area contributed by atoms with Crippen molar-refractivity contribution >= 4 is 17.4 Å². The summed E-state index contributed by atoms with van der Waals surface area (Å²) in [6.07, 6.45) is 2.39. The molecular weight excluding hydrogens is 262 g/mol. The zero-order chi connectivity index (χ0) is 13.8. The average Bonchev–Trinajstić information content (AvgIpc) is 2.42. The van der Waals surface area contributed by atoms with Crippen molar-refractivity contribution in [3.63, 3.8) is 0 Å². The minimum Gasteiger partial charge on any atom is -0.354 e. The fourth-order valence-electron chi connectivity index (χ4n) is 1.87. The standard InChI is InChI=1S/C14H16ClN3O/c1-3-10-4-6-11(7-5-10)8-18(2)13-12(15)14(19)17-9-16-13/h4-7,9H,3,8H2,1-2H3,(H,16,17,19). The Morgan fingerprint density at radius 1 is 1.26 bits per heavy atom. The highest BCUT2D eigenvalue weighted by molar-refractivity contribution is 6.32. The number of H-pyrrole nitrogens is 1. The summed E-state index contributed by atoms with van der Waals surface area (Å²) in [5.41, 5.74) is 2.14. The molecule has 0 amide bonds. The predicted octanol–water partition coefficient (Wildman–Crippen LogP) is 2.62. The molecule has 0 bridgehead atoms. The van der Waals surface area contributed by atoms with Crippen molar-refractivity contribution in [2.75, 3.05) is 11.9 Å². The van der Waals surface area contributed by atoms with Gasteiger partial charge in [-0.05, 0) is 17.5 Å². The van der Waals surface area contributed by atoms with Crippen LogP contribution >= 0.6 is 11.6 Å². The van der Waals surface area contributed by atoms with E-state index in [-0.39, 0.29) is 10.6 Å². The molecule has 0 aliphatic rings. The topological polar surface area (TPSA) is 49.0 Å². The van der Waals surface area contributed by atoms with Crippen LogP contribution in [-0.2, 0) is 13.0 Å². The molecule has 1 N–H and O–H groups in total. The Morgan fingerprint density at radius 3 is 2.53 bits per heavy atom. The molecule has 0 fully saturated rings. The van der Waals surface area contributed by atoms with Gasteiger partial charge in [0.15, 0.2) is 5.82 Å². The molecule has 1 aromatic heterocycles. The first-order chi connectivity index (χ1) is 9.11. The SMILES string of the molecule is CCc1ccc(CN(C)c2nc[nH]c(=O)c2Cl)cc1. The van der Waals surface area contributed by atoms with Gasteiger partial charge in [-0.3, -0.25) is 4.79 Å². The maximum atomic E-state index is 11.4. The lowest BCUT2D eigenvalue weighted by Crippen LogP contribution is -2.21. The van der Waals surface area contributed by atoms with Crippen LogP contribution in [0.5, 0.6) is 0 Å². The van der Waals surface area contributed by atoms with E-state index in [0.29, 0.717) is 12.4 Å². The highest BCUT2D eigenvalue weighted by Crippen LogP contribution is 2.19. The van der Waals surface area contributed by atoms with Gasteiger partial charge < -0.3 is 9.88 Å². The van der Waals surface area contributed by atoms with E-state index in [2.05, 4.69) is 41.2 Å². The van der Waals surface area contributed by atoms with Crippen LogP contribution in [0.1, 0.15) is 18.1 Å². The third kappa shape index (κ3) is 3.15. The molecule has 1 aromatic carbocycles. The van der Waals surface area contributed by atoms with E-state index in [4.69, 9.17) is 11.6 Å². The van der Waals surface area contributed by atoms with Gasteiger partial charge >= 0.3 is 0 Å². The molecule has 1 heterocycles. The lowest BCUT2D eigenvalue weighted by Gasteiger charge is -2.18. The summed E-state index contributed by atoms with van der Waals surface area (Å²) in [6, 6.07) is 8.37. The first-order valence-corrected chi connectivity index (χ1v) is 6.51. The second kappa shape index (κ2) is 5.89. The molecule has 0 radical (unpaired) electrons. The Morgan fingerprint density at radius 2 is 1.89 bits per heavy atom. The number of hydrogen-bond donors (Lipinski definition) is 1. The molecule has 0 aliphatic heterocycles. The zero-order valence-electron chi connectivity index (χ0n) is 11.0. The van der Waals surface area contributed by atoms with E-state index in [0.717, 1.165) is 12.0 Å². The monoisotopic (exact) mass is 277 g/mol. The second-order valence-corrected chi connectivity index (χ2v) is 4.77. The summed E-state index contributed by atoms with van der Waals surface area (Å²) in [7, 11) is 1.86. The predicted molar refractivity (Wildman–Crippen MR) is 77.8 cm³/mol. The molecule has 19 heavy (non-hydrogen) atoms. The number of anilines is 1. The Hall–Kier alpha value is -1.81. The van der Waals surface area contributed by atoms with Crippen LogP contribution in [0.15, 0.2) is 35.4 Å². The highest BCUT2D eigenvalue weighted by atomic mass is 35.5. The summed E-state index contributed by atoms with van der Waals surface area (Å²) >= 11 is 5.95. The van der Waals surface area contributed by atoms with E-state index < -0.39 is 0 Å². The van der Waals surface area contributed by atoms with Gasteiger partial charge in [-0.2, -0.15) is 0 Å². The van der Waals surface area contributed by atoms with Gasteiger partial charge in [0.25, 0.3) is 5.56 Å². The molecule has 5 heteroatoms. The number of rotatable bonds is 4. The van der Waals surface area contributed by atoms with Crippen molar-refractivity contribution in [2.45, 2.75) is 19.9 Å². The van der Waals surface area contributed by atoms with Crippen LogP contribution in [-0.4, -0.2) is 17.0 Å². The summed E-state index contributed by atoms with van der Waals surface area (Å²) in [5, 5.41) is 0.121. The molecule has 0 saturated heterocycles. The van der Waals surface area contributed by atoms with E-state index in [1.807, 2.05) is 11.9 Å². The summed E-state index contributed by atoms with van der Waals surface area (Å²) in [5.74, 6) is 0.491. The molecule has 0 atom stereocenters. The Labute approximate surface area is 117 Å². The Bertz CT molecular complexity index is 607. The third-order valence-electron chi connectivity index (χ3n) is 2.99. The number of nitrogens with one attached hydrogen (secondary N) is 1. The van der Waals surface area contributed by atoms with Crippen LogP contribution < -0.4 is 10.5 Å². The fourth-order valence-corrected chi connectivity index (χ4v) is 2.12. The Kier molecular flexibility index (Phi) is 4.22. The maximum Gasteiger partial charge on any atom is 0.271 e. The normalized spacial score (nSPS) is 10.5. The van der Waals surface area contributed by atoms with Gasteiger partial charge in [0.05, 0.1) is 6.33 Å². The van der Waals surface area contributed by atoms with Gasteiger partial charge in [0.2, 0.25) is 0 Å². The summed E-state index contributed by atoms with van der Waals surface area (Å²) in [6.45, 7) is 2.78. The lowest BCUT2D eigenvalue weighted by molar-refractivity contribution is 0.886. The molecule has 0 unspecified atom stereocenters. The second-order valence-electron chi connectivity index (χ2n) is 4.40. The van der Waals surface area contributed by atoms with Crippen molar-refractivity contribution in [1.29, 1.82) is 0 Å². The lowest BCUT2D eigenvalue weighted by atomic mass is 10.1.